The van der Waals surface area contributed by atoms with Crippen LogP contribution in [0.25, 0.3) is 0 Å². The van der Waals surface area contributed by atoms with Gasteiger partial charge in [-0.05, 0) is 36.2 Å². The zero-order chi connectivity index (χ0) is 20.1. The second-order valence-corrected chi connectivity index (χ2v) is 6.60. The molecule has 1 aromatic carbocycles. The van der Waals surface area contributed by atoms with Crippen molar-refractivity contribution in [2.45, 2.75) is 6.42 Å². The van der Waals surface area contributed by atoms with E-state index in [0.717, 1.165) is 13.0 Å². The molecule has 4 rings (SSSR count). The third kappa shape index (κ3) is 4.60. The Morgan fingerprint density at radius 1 is 1.07 bits per heavy atom. The van der Waals surface area contributed by atoms with Crippen molar-refractivity contribution < 1.29 is 14.3 Å². The van der Waals surface area contributed by atoms with Crippen LogP contribution in [0.5, 0.6) is 11.5 Å². The van der Waals surface area contributed by atoms with E-state index in [1.165, 1.54) is 11.8 Å². The molecule has 0 aliphatic carbocycles. The maximum absolute atomic E-state index is 12.5. The highest BCUT2D eigenvalue weighted by molar-refractivity contribution is 6.02. The zero-order valence-corrected chi connectivity index (χ0v) is 16.0. The molecule has 8 nitrogen and oxygen atoms in total. The Bertz CT molecular complexity index is 979. The molecule has 148 valence electrons. The van der Waals surface area contributed by atoms with E-state index in [2.05, 4.69) is 20.3 Å². The average molecular weight is 391 g/mol. The predicted molar refractivity (Wildman–Crippen MR) is 109 cm³/mol. The van der Waals surface area contributed by atoms with Gasteiger partial charge in [0, 0.05) is 37.7 Å². The summed E-state index contributed by atoms with van der Waals surface area (Å²) in [6.07, 6.45) is 7.51. The van der Waals surface area contributed by atoms with E-state index in [1.54, 1.807) is 36.8 Å². The smallest absolute Gasteiger partial charge is 0.275 e. The Morgan fingerprint density at radius 3 is 2.62 bits per heavy atom. The summed E-state index contributed by atoms with van der Waals surface area (Å²) >= 11 is 0. The molecular weight excluding hydrogens is 370 g/mol. The van der Waals surface area contributed by atoms with Crippen LogP contribution in [-0.4, -0.2) is 47.7 Å². The molecule has 0 spiro atoms. The van der Waals surface area contributed by atoms with E-state index in [0.29, 0.717) is 36.2 Å². The van der Waals surface area contributed by atoms with Gasteiger partial charge in [-0.25, -0.2) is 9.97 Å². The van der Waals surface area contributed by atoms with Crippen LogP contribution in [0.15, 0.2) is 55.1 Å². The first-order valence-electron chi connectivity index (χ1n) is 9.32. The lowest BCUT2D eigenvalue weighted by Crippen LogP contribution is -2.22. The number of hydrogen-bond donors (Lipinski definition) is 1. The highest BCUT2D eigenvalue weighted by Crippen LogP contribution is 2.32. The molecule has 29 heavy (non-hydrogen) atoms. The number of nitrogens with zero attached hydrogens (tertiary/aromatic N) is 4. The van der Waals surface area contributed by atoms with Crippen LogP contribution < -0.4 is 19.7 Å². The maximum atomic E-state index is 12.5. The summed E-state index contributed by atoms with van der Waals surface area (Å²) in [4.78, 5) is 27.1. The number of nitrogens with one attached hydrogen (secondary N) is 1. The van der Waals surface area contributed by atoms with Crippen LogP contribution in [0.3, 0.4) is 0 Å². The fourth-order valence-electron chi connectivity index (χ4n) is 2.91. The molecule has 3 aromatic rings. The number of carbonyl (C=O) groups excluding carboxylic acids is 1. The standard InChI is InChI=1S/C21H21N5O3/c1-26(9-6-15-4-7-22-8-5-15)20-14-23-17(13-24-20)21(27)25-16-2-3-18-19(12-16)29-11-10-28-18/h2-5,7-8,12-14H,6,9-11H2,1H3,(H,25,27). The SMILES string of the molecule is CN(CCc1ccncc1)c1cnc(C(=O)Nc2ccc3c(c2)OCCO3)cn1. The predicted octanol–water partition coefficient (Wildman–Crippen LogP) is 2.57. The lowest BCUT2D eigenvalue weighted by atomic mass is 10.2. The molecule has 0 saturated carbocycles. The summed E-state index contributed by atoms with van der Waals surface area (Å²) in [7, 11) is 1.94. The van der Waals surface area contributed by atoms with Gasteiger partial charge in [0.25, 0.3) is 5.91 Å². The van der Waals surface area contributed by atoms with Crippen LogP contribution in [0, 0.1) is 0 Å². The molecule has 1 amide bonds. The van der Waals surface area contributed by atoms with Crippen molar-refractivity contribution in [2.24, 2.45) is 0 Å². The van der Waals surface area contributed by atoms with Gasteiger partial charge in [-0.15, -0.1) is 0 Å². The first-order valence-corrected chi connectivity index (χ1v) is 9.32. The van der Waals surface area contributed by atoms with Gasteiger partial charge in [0.05, 0.1) is 12.4 Å². The monoisotopic (exact) mass is 391 g/mol. The summed E-state index contributed by atoms with van der Waals surface area (Å²) in [5, 5.41) is 2.81. The minimum absolute atomic E-state index is 0.242. The van der Waals surface area contributed by atoms with Crippen LogP contribution in [-0.2, 0) is 6.42 Å². The Labute approximate surface area is 168 Å². The summed E-state index contributed by atoms with van der Waals surface area (Å²) in [5.74, 6) is 1.66. The summed E-state index contributed by atoms with van der Waals surface area (Å²) in [6, 6.07) is 9.26. The van der Waals surface area contributed by atoms with Crippen LogP contribution in [0.1, 0.15) is 16.1 Å². The molecule has 0 unspecified atom stereocenters. The average Bonchev–Trinajstić information content (AvgIpc) is 2.78. The highest BCUT2D eigenvalue weighted by atomic mass is 16.6. The summed E-state index contributed by atoms with van der Waals surface area (Å²) in [6.45, 7) is 1.80. The number of hydrogen-bond acceptors (Lipinski definition) is 7. The maximum Gasteiger partial charge on any atom is 0.275 e. The van der Waals surface area contributed by atoms with E-state index in [4.69, 9.17) is 9.47 Å². The van der Waals surface area contributed by atoms with E-state index >= 15 is 0 Å². The van der Waals surface area contributed by atoms with E-state index in [1.807, 2.05) is 24.1 Å². The Morgan fingerprint density at radius 2 is 1.86 bits per heavy atom. The minimum Gasteiger partial charge on any atom is -0.486 e. The molecule has 3 heterocycles. The molecular formula is C21H21N5O3. The van der Waals surface area contributed by atoms with Gasteiger partial charge < -0.3 is 19.7 Å². The lowest BCUT2D eigenvalue weighted by Gasteiger charge is -2.19. The Hall–Kier alpha value is -3.68. The number of rotatable bonds is 6. The number of likely N-dealkylation sites (N-methyl/N-ethyl adjacent to an activating group) is 1. The van der Waals surface area contributed by atoms with E-state index < -0.39 is 0 Å². The first kappa shape index (κ1) is 18.7. The molecule has 0 fully saturated rings. The number of fused-ring (bicyclic) bond motifs is 1. The number of aromatic nitrogens is 3. The number of anilines is 2. The van der Waals surface area contributed by atoms with Gasteiger partial charge in [-0.3, -0.25) is 9.78 Å². The number of benzene rings is 1. The largest absolute Gasteiger partial charge is 0.486 e. The normalized spacial score (nSPS) is 12.3. The van der Waals surface area contributed by atoms with Gasteiger partial charge in [-0.2, -0.15) is 0 Å². The second-order valence-electron chi connectivity index (χ2n) is 6.60. The molecule has 1 N–H and O–H groups in total. The topological polar surface area (TPSA) is 89.5 Å². The Kier molecular flexibility index (Phi) is 5.51. The first-order chi connectivity index (χ1) is 14.2. The third-order valence-electron chi connectivity index (χ3n) is 4.55. The summed E-state index contributed by atoms with van der Waals surface area (Å²) < 4.78 is 11.0. The van der Waals surface area contributed by atoms with E-state index in [-0.39, 0.29) is 11.6 Å². The van der Waals surface area contributed by atoms with Crippen molar-refractivity contribution in [1.29, 1.82) is 0 Å². The lowest BCUT2D eigenvalue weighted by molar-refractivity contribution is 0.102. The second kappa shape index (κ2) is 8.55. The molecule has 8 heteroatoms. The van der Waals surface area contributed by atoms with Gasteiger partial charge in [0.1, 0.15) is 24.7 Å². The van der Waals surface area contributed by atoms with Crippen LogP contribution in [0.4, 0.5) is 11.5 Å². The van der Waals surface area contributed by atoms with Crippen molar-refractivity contribution in [3.05, 3.63) is 66.4 Å². The molecule has 0 atom stereocenters. The van der Waals surface area contributed by atoms with Crippen molar-refractivity contribution in [1.82, 2.24) is 15.0 Å². The van der Waals surface area contributed by atoms with Crippen LogP contribution in [0.2, 0.25) is 0 Å². The molecule has 0 bridgehead atoms. The molecule has 2 aromatic heterocycles. The Balaban J connectivity index is 1.36. The molecule has 1 aliphatic heterocycles. The number of ether oxygens (including phenoxy) is 2. The van der Waals surface area contributed by atoms with Crippen LogP contribution >= 0.6 is 0 Å². The van der Waals surface area contributed by atoms with Crippen molar-refractivity contribution in [3.8, 4) is 11.5 Å². The van der Waals surface area contributed by atoms with Crippen molar-refractivity contribution in [2.75, 3.05) is 37.0 Å². The number of pyridine rings is 1. The zero-order valence-electron chi connectivity index (χ0n) is 16.0. The van der Waals surface area contributed by atoms with Gasteiger partial charge in [0.2, 0.25) is 0 Å². The van der Waals surface area contributed by atoms with E-state index in [9.17, 15) is 4.79 Å². The molecule has 1 aliphatic rings. The van der Waals surface area contributed by atoms with Crippen molar-refractivity contribution in [3.63, 3.8) is 0 Å². The van der Waals surface area contributed by atoms with Gasteiger partial charge in [0.15, 0.2) is 11.5 Å². The molecule has 0 saturated heterocycles. The number of amides is 1. The highest BCUT2D eigenvalue weighted by Gasteiger charge is 2.14. The number of carbonyl (C=O) groups is 1. The minimum atomic E-state index is -0.333. The van der Waals surface area contributed by atoms with Gasteiger partial charge in [-0.1, -0.05) is 0 Å². The molecule has 0 radical (unpaired) electrons. The third-order valence-corrected chi connectivity index (χ3v) is 4.55. The fraction of sp³-hybridized carbons (Fsp3) is 0.238. The summed E-state index contributed by atoms with van der Waals surface area (Å²) in [5.41, 5.74) is 2.06. The van der Waals surface area contributed by atoms with Crippen molar-refractivity contribution >= 4 is 17.4 Å². The van der Waals surface area contributed by atoms with Gasteiger partial charge >= 0.3 is 0 Å². The fourth-order valence-corrected chi connectivity index (χ4v) is 2.91. The quantitative estimate of drug-likeness (QED) is 0.691.